The third kappa shape index (κ3) is 5.19. The van der Waals surface area contributed by atoms with E-state index in [0.717, 1.165) is 22.4 Å². The van der Waals surface area contributed by atoms with Crippen molar-refractivity contribution in [3.05, 3.63) is 74.8 Å². The number of aryl methyl sites for hydroxylation is 1. The molecule has 28 heavy (non-hydrogen) atoms. The van der Waals surface area contributed by atoms with Crippen LogP contribution in [-0.2, 0) is 4.79 Å². The lowest BCUT2D eigenvalue weighted by Crippen LogP contribution is -2.25. The van der Waals surface area contributed by atoms with Crippen LogP contribution in [0.3, 0.4) is 0 Å². The van der Waals surface area contributed by atoms with Gasteiger partial charge in [-0.25, -0.2) is 0 Å². The fourth-order valence-electron chi connectivity index (χ4n) is 3.06. The molecular formula is C22H26N2O4. The Hall–Kier alpha value is -3.15. The van der Waals surface area contributed by atoms with E-state index < -0.39 is 4.92 Å². The summed E-state index contributed by atoms with van der Waals surface area (Å²) in [5, 5.41) is 13.8. The van der Waals surface area contributed by atoms with Gasteiger partial charge in [-0.2, -0.15) is 0 Å². The van der Waals surface area contributed by atoms with Gasteiger partial charge in [-0.1, -0.05) is 26.0 Å². The third-order valence-electron chi connectivity index (χ3n) is 4.57. The Bertz CT molecular complexity index is 903. The molecule has 0 radical (unpaired) electrons. The molecule has 1 N–H and O–H groups in total. The zero-order valence-corrected chi connectivity index (χ0v) is 16.9. The number of ether oxygens (including phenoxy) is 1. The highest BCUT2D eigenvalue weighted by Crippen LogP contribution is 2.32. The van der Waals surface area contributed by atoms with Crippen LogP contribution in [0, 0.1) is 17.0 Å². The third-order valence-corrected chi connectivity index (χ3v) is 4.57. The van der Waals surface area contributed by atoms with Gasteiger partial charge < -0.3 is 10.1 Å². The predicted octanol–water partition coefficient (Wildman–Crippen LogP) is 4.93. The van der Waals surface area contributed by atoms with Gasteiger partial charge in [-0.15, -0.1) is 0 Å². The lowest BCUT2D eigenvalue weighted by Gasteiger charge is -2.20. The van der Waals surface area contributed by atoms with Crippen molar-refractivity contribution in [3.63, 3.8) is 0 Å². The van der Waals surface area contributed by atoms with Crippen LogP contribution >= 0.6 is 0 Å². The Labute approximate surface area is 165 Å². The molecule has 0 aliphatic heterocycles. The van der Waals surface area contributed by atoms with E-state index in [1.54, 1.807) is 25.3 Å². The molecule has 0 heterocycles. The molecule has 2 rings (SSSR count). The molecule has 0 aliphatic carbocycles. The fraction of sp³-hybridized carbons (Fsp3) is 0.318. The summed E-state index contributed by atoms with van der Waals surface area (Å²) in [4.78, 5) is 22.7. The van der Waals surface area contributed by atoms with Crippen LogP contribution in [0.25, 0.3) is 6.08 Å². The first kappa shape index (κ1) is 21.2. The van der Waals surface area contributed by atoms with Gasteiger partial charge in [-0.05, 0) is 60.2 Å². The second-order valence-corrected chi connectivity index (χ2v) is 7.02. The van der Waals surface area contributed by atoms with Crippen molar-refractivity contribution in [1.82, 2.24) is 5.32 Å². The van der Waals surface area contributed by atoms with Crippen LogP contribution in [-0.4, -0.2) is 17.9 Å². The van der Waals surface area contributed by atoms with Crippen molar-refractivity contribution < 1.29 is 14.5 Å². The number of nitrogens with one attached hydrogen (secondary N) is 1. The first-order valence-corrected chi connectivity index (χ1v) is 9.14. The van der Waals surface area contributed by atoms with E-state index in [1.165, 1.54) is 18.2 Å². The van der Waals surface area contributed by atoms with Gasteiger partial charge in [0, 0.05) is 18.2 Å². The first-order valence-electron chi connectivity index (χ1n) is 9.14. The number of nitro groups is 1. The number of nitro benzene ring substituents is 1. The molecule has 2 aromatic carbocycles. The summed E-state index contributed by atoms with van der Waals surface area (Å²) < 4.78 is 5.47. The molecule has 2 aromatic rings. The lowest BCUT2D eigenvalue weighted by molar-refractivity contribution is -0.384. The highest BCUT2D eigenvalue weighted by molar-refractivity contribution is 5.92. The van der Waals surface area contributed by atoms with E-state index in [2.05, 4.69) is 25.2 Å². The molecular weight excluding hydrogens is 356 g/mol. The van der Waals surface area contributed by atoms with Crippen LogP contribution < -0.4 is 10.1 Å². The first-order chi connectivity index (χ1) is 13.2. The van der Waals surface area contributed by atoms with Crippen LogP contribution in [0.15, 0.2) is 42.5 Å². The molecule has 0 fully saturated rings. The number of carbonyl (C=O) groups excluding carboxylic acids is 1. The van der Waals surface area contributed by atoms with Crippen molar-refractivity contribution in [2.45, 2.75) is 39.7 Å². The summed E-state index contributed by atoms with van der Waals surface area (Å²) in [5.74, 6) is 0.881. The maximum atomic E-state index is 12.3. The van der Waals surface area contributed by atoms with Crippen molar-refractivity contribution >= 4 is 17.7 Å². The number of methoxy groups -OCH3 is 1. The average Bonchev–Trinajstić information content (AvgIpc) is 2.65. The Kier molecular flexibility index (Phi) is 6.93. The van der Waals surface area contributed by atoms with Crippen molar-refractivity contribution in [3.8, 4) is 5.75 Å². The molecule has 6 heteroatoms. The van der Waals surface area contributed by atoms with Gasteiger partial charge >= 0.3 is 0 Å². The molecule has 0 bridgehead atoms. The molecule has 1 unspecified atom stereocenters. The van der Waals surface area contributed by atoms with E-state index in [9.17, 15) is 14.9 Å². The van der Waals surface area contributed by atoms with E-state index in [4.69, 9.17) is 4.74 Å². The predicted molar refractivity (Wildman–Crippen MR) is 111 cm³/mol. The standard InChI is InChI=1S/C22H26N2O4/c1-14(2)19-13-20(15(3)11-21(19)28-5)16(4)23-22(25)10-9-17-7-6-8-18(12-17)24(26)27/h6-14,16H,1-5H3,(H,23,25)/b10-9+. The van der Waals surface area contributed by atoms with E-state index >= 15 is 0 Å². The molecule has 0 saturated heterocycles. The smallest absolute Gasteiger partial charge is 0.270 e. The minimum Gasteiger partial charge on any atom is -0.496 e. The van der Waals surface area contributed by atoms with Gasteiger partial charge in [0.05, 0.1) is 18.1 Å². The minimum atomic E-state index is -0.460. The normalized spacial score (nSPS) is 12.2. The molecule has 0 spiro atoms. The van der Waals surface area contributed by atoms with Crippen LogP contribution in [0.2, 0.25) is 0 Å². The Morgan fingerprint density at radius 1 is 1.18 bits per heavy atom. The molecule has 0 saturated carbocycles. The maximum absolute atomic E-state index is 12.3. The second kappa shape index (κ2) is 9.17. The lowest BCUT2D eigenvalue weighted by atomic mass is 9.93. The summed E-state index contributed by atoms with van der Waals surface area (Å²) in [5.41, 5.74) is 3.75. The van der Waals surface area contributed by atoms with E-state index in [1.807, 2.05) is 19.9 Å². The largest absolute Gasteiger partial charge is 0.496 e. The van der Waals surface area contributed by atoms with E-state index in [-0.39, 0.29) is 17.6 Å². The van der Waals surface area contributed by atoms with Crippen LogP contribution in [0.5, 0.6) is 5.75 Å². The quantitative estimate of drug-likeness (QED) is 0.418. The van der Waals surface area contributed by atoms with Crippen molar-refractivity contribution in [1.29, 1.82) is 0 Å². The number of hydrogen-bond acceptors (Lipinski definition) is 4. The van der Waals surface area contributed by atoms with Crippen molar-refractivity contribution in [2.75, 3.05) is 7.11 Å². The average molecular weight is 382 g/mol. The number of rotatable bonds is 7. The Morgan fingerprint density at radius 3 is 2.50 bits per heavy atom. The molecule has 1 atom stereocenters. The topological polar surface area (TPSA) is 81.5 Å². The zero-order chi connectivity index (χ0) is 20.8. The van der Waals surface area contributed by atoms with E-state index in [0.29, 0.717) is 11.5 Å². The monoisotopic (exact) mass is 382 g/mol. The van der Waals surface area contributed by atoms with Gasteiger partial charge in [0.2, 0.25) is 5.91 Å². The van der Waals surface area contributed by atoms with Crippen LogP contribution in [0.4, 0.5) is 5.69 Å². The maximum Gasteiger partial charge on any atom is 0.270 e. The Morgan fingerprint density at radius 2 is 1.89 bits per heavy atom. The van der Waals surface area contributed by atoms with Gasteiger partial charge in [0.25, 0.3) is 5.69 Å². The summed E-state index contributed by atoms with van der Waals surface area (Å²) in [7, 11) is 1.66. The molecule has 148 valence electrons. The number of carbonyl (C=O) groups is 1. The highest BCUT2D eigenvalue weighted by Gasteiger charge is 2.16. The van der Waals surface area contributed by atoms with Gasteiger partial charge in [0.1, 0.15) is 5.75 Å². The summed E-state index contributed by atoms with van der Waals surface area (Å²) in [6, 6.07) is 10.0. The molecule has 1 amide bonds. The highest BCUT2D eigenvalue weighted by atomic mass is 16.6. The summed E-state index contributed by atoms with van der Waals surface area (Å²) in [6.07, 6.45) is 2.95. The number of amides is 1. The number of benzene rings is 2. The summed E-state index contributed by atoms with van der Waals surface area (Å²) >= 11 is 0. The molecule has 0 aromatic heterocycles. The molecule has 6 nitrogen and oxygen atoms in total. The fourth-order valence-corrected chi connectivity index (χ4v) is 3.06. The number of nitrogens with zero attached hydrogens (tertiary/aromatic N) is 1. The summed E-state index contributed by atoms with van der Waals surface area (Å²) in [6.45, 7) is 8.12. The zero-order valence-electron chi connectivity index (χ0n) is 16.9. The van der Waals surface area contributed by atoms with Gasteiger partial charge in [0.15, 0.2) is 0 Å². The Balaban J connectivity index is 2.15. The molecule has 0 aliphatic rings. The second-order valence-electron chi connectivity index (χ2n) is 7.02. The van der Waals surface area contributed by atoms with Gasteiger partial charge in [-0.3, -0.25) is 14.9 Å². The number of non-ortho nitro benzene ring substituents is 1. The number of hydrogen-bond donors (Lipinski definition) is 1. The SMILES string of the molecule is COc1cc(C)c(C(C)NC(=O)/C=C/c2cccc([N+](=O)[O-])c2)cc1C(C)C. The van der Waals surface area contributed by atoms with Crippen molar-refractivity contribution in [2.24, 2.45) is 0 Å². The van der Waals surface area contributed by atoms with Crippen LogP contribution in [0.1, 0.15) is 55.0 Å². The minimum absolute atomic E-state index is 0.00833.